The van der Waals surface area contributed by atoms with Crippen LogP contribution in [0, 0.1) is 23.3 Å². The first-order valence-corrected chi connectivity index (χ1v) is 8.78. The van der Waals surface area contributed by atoms with Crippen LogP contribution in [0.4, 0.5) is 23.2 Å². The SMILES string of the molecule is CC1(C(=O)O)C(c2ccoc2)C(c2ccc(F)cc2F)=NN1c1ccc(F)cc1F. The first kappa shape index (κ1) is 19.7. The highest BCUT2D eigenvalue weighted by Crippen LogP contribution is 2.46. The molecular formula is C21H14F4N2O3. The summed E-state index contributed by atoms with van der Waals surface area (Å²) >= 11 is 0. The predicted molar refractivity (Wildman–Crippen MR) is 99.2 cm³/mol. The van der Waals surface area contributed by atoms with E-state index in [1.807, 2.05) is 0 Å². The van der Waals surface area contributed by atoms with Crippen molar-refractivity contribution in [1.82, 2.24) is 0 Å². The zero-order valence-electron chi connectivity index (χ0n) is 15.4. The van der Waals surface area contributed by atoms with Crippen LogP contribution in [0.1, 0.15) is 24.0 Å². The van der Waals surface area contributed by atoms with Gasteiger partial charge in [0.05, 0.1) is 29.8 Å². The standard InChI is InChI=1S/C21H14F4N2O3/c1-21(20(28)29)18(11-6-7-30-10-11)19(14-4-2-12(22)8-15(14)24)26-27(21)17-5-3-13(23)9-16(17)25/h2-10,18H,1H3,(H,28,29). The fourth-order valence-electron chi connectivity index (χ4n) is 3.66. The highest BCUT2D eigenvalue weighted by molar-refractivity contribution is 6.12. The third-order valence-electron chi connectivity index (χ3n) is 5.14. The van der Waals surface area contributed by atoms with Crippen molar-refractivity contribution in [3.63, 3.8) is 0 Å². The van der Waals surface area contributed by atoms with Crippen LogP contribution in [0.15, 0.2) is 64.5 Å². The van der Waals surface area contributed by atoms with Gasteiger partial charge in [-0.15, -0.1) is 0 Å². The Morgan fingerprint density at radius 1 is 1.07 bits per heavy atom. The van der Waals surface area contributed by atoms with Gasteiger partial charge in [0, 0.05) is 23.3 Å². The summed E-state index contributed by atoms with van der Waals surface area (Å²) in [5.41, 5.74) is -2.12. The van der Waals surface area contributed by atoms with E-state index in [0.29, 0.717) is 17.7 Å². The van der Waals surface area contributed by atoms with Crippen molar-refractivity contribution in [2.75, 3.05) is 5.01 Å². The van der Waals surface area contributed by atoms with Crippen LogP contribution in [0.2, 0.25) is 0 Å². The number of aliphatic carboxylic acids is 1. The normalized spacial score (nSPS) is 21.0. The Morgan fingerprint density at radius 3 is 2.30 bits per heavy atom. The predicted octanol–water partition coefficient (Wildman–Crippen LogP) is 4.69. The highest BCUT2D eigenvalue weighted by atomic mass is 19.1. The third kappa shape index (κ3) is 2.94. The molecule has 0 amide bonds. The lowest BCUT2D eigenvalue weighted by Crippen LogP contribution is -2.52. The Hall–Kier alpha value is -3.62. The molecule has 1 aromatic heterocycles. The Bertz CT molecular complexity index is 1160. The number of carboxylic acid groups (broad SMARTS) is 1. The molecule has 0 bridgehead atoms. The number of hydrazone groups is 1. The lowest BCUT2D eigenvalue weighted by atomic mass is 9.77. The minimum absolute atomic E-state index is 0.0671. The van der Waals surface area contributed by atoms with Gasteiger partial charge in [-0.25, -0.2) is 27.4 Å². The zero-order chi connectivity index (χ0) is 21.6. The van der Waals surface area contributed by atoms with Gasteiger partial charge in [-0.3, -0.25) is 0 Å². The maximum atomic E-state index is 14.6. The lowest BCUT2D eigenvalue weighted by molar-refractivity contribution is -0.142. The Balaban J connectivity index is 1.99. The smallest absolute Gasteiger partial charge is 0.332 e. The van der Waals surface area contributed by atoms with Gasteiger partial charge < -0.3 is 9.52 Å². The third-order valence-corrected chi connectivity index (χ3v) is 5.14. The largest absolute Gasteiger partial charge is 0.479 e. The first-order valence-electron chi connectivity index (χ1n) is 8.78. The van der Waals surface area contributed by atoms with E-state index in [2.05, 4.69) is 5.10 Å². The molecule has 3 aromatic rings. The maximum Gasteiger partial charge on any atom is 0.332 e. The molecule has 154 valence electrons. The molecule has 2 heterocycles. The fraction of sp³-hybridized carbons (Fsp3) is 0.143. The summed E-state index contributed by atoms with van der Waals surface area (Å²) in [5, 5.41) is 15.2. The summed E-state index contributed by atoms with van der Waals surface area (Å²) in [6, 6.07) is 6.86. The van der Waals surface area contributed by atoms with Crippen molar-refractivity contribution in [3.05, 3.63) is 89.4 Å². The van der Waals surface area contributed by atoms with Crippen LogP contribution in [-0.4, -0.2) is 22.3 Å². The number of halogens is 4. The monoisotopic (exact) mass is 418 g/mol. The van der Waals surface area contributed by atoms with Crippen LogP contribution in [-0.2, 0) is 4.79 Å². The quantitative estimate of drug-likeness (QED) is 0.625. The molecule has 0 spiro atoms. The minimum Gasteiger partial charge on any atom is -0.479 e. The number of nitrogens with zero attached hydrogens (tertiary/aromatic N) is 2. The second kappa shape index (κ2) is 7.01. The molecule has 30 heavy (non-hydrogen) atoms. The number of furan rings is 1. The molecule has 0 radical (unpaired) electrons. The summed E-state index contributed by atoms with van der Waals surface area (Å²) in [5.74, 6) is -6.18. The van der Waals surface area contributed by atoms with E-state index in [1.165, 1.54) is 25.5 Å². The summed E-state index contributed by atoms with van der Waals surface area (Å²) in [6.07, 6.45) is 2.57. The van der Waals surface area contributed by atoms with Crippen molar-refractivity contribution in [1.29, 1.82) is 0 Å². The van der Waals surface area contributed by atoms with Gasteiger partial charge in [-0.2, -0.15) is 5.10 Å². The molecule has 0 fully saturated rings. The van der Waals surface area contributed by atoms with Crippen LogP contribution in [0.3, 0.4) is 0 Å². The Kier molecular flexibility index (Phi) is 4.60. The van der Waals surface area contributed by atoms with Crippen molar-refractivity contribution in [2.45, 2.75) is 18.4 Å². The molecule has 0 aliphatic carbocycles. The summed E-state index contributed by atoms with van der Waals surface area (Å²) < 4.78 is 61.1. The van der Waals surface area contributed by atoms with E-state index in [4.69, 9.17) is 4.42 Å². The second-order valence-electron chi connectivity index (χ2n) is 6.96. The number of carbonyl (C=O) groups is 1. The van der Waals surface area contributed by atoms with E-state index in [9.17, 15) is 27.5 Å². The van der Waals surface area contributed by atoms with Gasteiger partial charge in [-0.05, 0) is 37.3 Å². The number of rotatable bonds is 4. The first-order chi connectivity index (χ1) is 14.2. The number of hydrogen-bond donors (Lipinski definition) is 1. The average molecular weight is 418 g/mol. The fourth-order valence-corrected chi connectivity index (χ4v) is 3.66. The molecule has 2 atom stereocenters. The number of hydrogen-bond acceptors (Lipinski definition) is 4. The summed E-state index contributed by atoms with van der Waals surface area (Å²) in [6.45, 7) is 1.29. The number of carboxylic acids is 1. The van der Waals surface area contributed by atoms with Crippen LogP contribution >= 0.6 is 0 Å². The molecule has 0 saturated heterocycles. The Labute approximate surface area is 167 Å². The van der Waals surface area contributed by atoms with Crippen molar-refractivity contribution < 1.29 is 31.9 Å². The lowest BCUT2D eigenvalue weighted by Gasteiger charge is -2.34. The van der Waals surface area contributed by atoms with Crippen LogP contribution in [0.5, 0.6) is 0 Å². The van der Waals surface area contributed by atoms with Gasteiger partial charge in [0.1, 0.15) is 17.5 Å². The second-order valence-corrected chi connectivity index (χ2v) is 6.96. The van der Waals surface area contributed by atoms with Gasteiger partial charge in [0.15, 0.2) is 11.4 Å². The molecule has 5 nitrogen and oxygen atoms in total. The van der Waals surface area contributed by atoms with Crippen molar-refractivity contribution >= 4 is 17.4 Å². The highest BCUT2D eigenvalue weighted by Gasteiger charge is 2.56. The van der Waals surface area contributed by atoms with E-state index in [-0.39, 0.29) is 17.0 Å². The molecule has 1 aliphatic rings. The number of anilines is 1. The molecule has 2 unspecified atom stereocenters. The molecule has 0 saturated carbocycles. The van der Waals surface area contributed by atoms with Crippen molar-refractivity contribution in [3.8, 4) is 0 Å². The summed E-state index contributed by atoms with van der Waals surface area (Å²) in [7, 11) is 0. The van der Waals surface area contributed by atoms with Gasteiger partial charge in [0.2, 0.25) is 0 Å². The maximum absolute atomic E-state index is 14.6. The van der Waals surface area contributed by atoms with E-state index < -0.39 is 40.7 Å². The van der Waals surface area contributed by atoms with E-state index in [0.717, 1.165) is 29.3 Å². The van der Waals surface area contributed by atoms with E-state index in [1.54, 1.807) is 0 Å². The molecule has 4 rings (SSSR count). The van der Waals surface area contributed by atoms with Crippen LogP contribution in [0.25, 0.3) is 0 Å². The molecular weight excluding hydrogens is 404 g/mol. The van der Waals surface area contributed by atoms with Crippen molar-refractivity contribution in [2.24, 2.45) is 5.10 Å². The summed E-state index contributed by atoms with van der Waals surface area (Å²) in [4.78, 5) is 12.4. The zero-order valence-corrected chi connectivity index (χ0v) is 15.4. The van der Waals surface area contributed by atoms with Crippen LogP contribution < -0.4 is 5.01 Å². The van der Waals surface area contributed by atoms with Gasteiger partial charge >= 0.3 is 5.97 Å². The molecule has 2 aromatic carbocycles. The molecule has 1 aliphatic heterocycles. The minimum atomic E-state index is -1.93. The molecule has 1 N–H and O–H groups in total. The van der Waals surface area contributed by atoms with E-state index >= 15 is 0 Å². The topological polar surface area (TPSA) is 66.0 Å². The van der Waals surface area contributed by atoms with Gasteiger partial charge in [0.25, 0.3) is 0 Å². The number of benzene rings is 2. The Morgan fingerprint density at radius 2 is 1.73 bits per heavy atom. The molecule has 9 heteroatoms. The van der Waals surface area contributed by atoms with Gasteiger partial charge in [-0.1, -0.05) is 0 Å². The average Bonchev–Trinajstić information content (AvgIpc) is 3.29.